The highest BCUT2D eigenvalue weighted by molar-refractivity contribution is 5.69. The average Bonchev–Trinajstić information content (AvgIpc) is 2.53. The van der Waals surface area contributed by atoms with Crippen LogP contribution in [0.15, 0.2) is 0 Å². The second-order valence-corrected chi connectivity index (χ2v) is 6.75. The van der Waals surface area contributed by atoms with Gasteiger partial charge in [-0.25, -0.2) is 0 Å². The third-order valence-electron chi connectivity index (χ3n) is 4.58. The highest BCUT2D eigenvalue weighted by Gasteiger charge is 2.22. The molecule has 0 aliphatic heterocycles. The molecule has 2 atom stereocenters. The molecule has 0 aliphatic rings. The molecule has 0 aromatic heterocycles. The van der Waals surface area contributed by atoms with E-state index in [0.29, 0.717) is 13.0 Å². The second kappa shape index (κ2) is 16.3. The smallest absolute Gasteiger partial charge is 0.306 e. The van der Waals surface area contributed by atoms with Crippen LogP contribution in [0.1, 0.15) is 104 Å². The number of carbonyl (C=O) groups is 1. The van der Waals surface area contributed by atoms with Crippen molar-refractivity contribution < 1.29 is 14.6 Å². The van der Waals surface area contributed by atoms with Gasteiger partial charge in [0.15, 0.2) is 0 Å². The summed E-state index contributed by atoms with van der Waals surface area (Å²) in [6.07, 6.45) is 14.8. The van der Waals surface area contributed by atoms with Gasteiger partial charge in [-0.3, -0.25) is 4.79 Å². The first-order valence-electron chi connectivity index (χ1n) is 10.00. The van der Waals surface area contributed by atoms with E-state index in [4.69, 9.17) is 4.74 Å². The molecule has 0 aromatic rings. The normalized spacial score (nSPS) is 13.9. The van der Waals surface area contributed by atoms with Crippen molar-refractivity contribution in [2.24, 2.45) is 5.92 Å². The van der Waals surface area contributed by atoms with Gasteiger partial charge < -0.3 is 9.84 Å². The van der Waals surface area contributed by atoms with E-state index >= 15 is 0 Å². The number of carboxylic acids is 1. The molecule has 0 saturated carbocycles. The lowest BCUT2D eigenvalue weighted by atomic mass is 9.92. The third kappa shape index (κ3) is 13.6. The molecule has 138 valence electrons. The first kappa shape index (κ1) is 22.4. The number of carboxylic acid groups (broad SMARTS) is 1. The number of ether oxygens (including phenoxy) is 1. The summed E-state index contributed by atoms with van der Waals surface area (Å²) in [4.78, 5) is 11.5. The van der Waals surface area contributed by atoms with Crippen molar-refractivity contribution in [3.05, 3.63) is 0 Å². The van der Waals surface area contributed by atoms with Crippen molar-refractivity contribution in [3.63, 3.8) is 0 Å². The van der Waals surface area contributed by atoms with Crippen LogP contribution in [0.4, 0.5) is 0 Å². The molecule has 0 aliphatic carbocycles. The van der Waals surface area contributed by atoms with E-state index in [1.165, 1.54) is 51.4 Å². The number of rotatable bonds is 17. The molecule has 2 unspecified atom stereocenters. The Morgan fingerprint density at radius 2 is 1.35 bits per heavy atom. The SMILES string of the molecule is CCCCCCCCC(CC(CCCCCC)OCC)C(=O)O. The van der Waals surface area contributed by atoms with E-state index in [1.54, 1.807) is 0 Å². The predicted octanol–water partition coefficient (Wildman–Crippen LogP) is 6.20. The maximum Gasteiger partial charge on any atom is 0.306 e. The fourth-order valence-corrected chi connectivity index (χ4v) is 3.13. The zero-order chi connectivity index (χ0) is 17.3. The first-order valence-corrected chi connectivity index (χ1v) is 10.00. The van der Waals surface area contributed by atoms with E-state index in [-0.39, 0.29) is 12.0 Å². The van der Waals surface area contributed by atoms with Crippen LogP contribution in [0.25, 0.3) is 0 Å². The van der Waals surface area contributed by atoms with Gasteiger partial charge in [-0.15, -0.1) is 0 Å². The van der Waals surface area contributed by atoms with Gasteiger partial charge in [-0.05, 0) is 26.2 Å². The van der Waals surface area contributed by atoms with Crippen molar-refractivity contribution in [3.8, 4) is 0 Å². The van der Waals surface area contributed by atoms with E-state index in [0.717, 1.165) is 25.7 Å². The minimum atomic E-state index is -0.642. The topological polar surface area (TPSA) is 46.5 Å². The van der Waals surface area contributed by atoms with Crippen molar-refractivity contribution in [2.45, 2.75) is 110 Å². The number of unbranched alkanes of at least 4 members (excludes halogenated alkanes) is 8. The highest BCUT2D eigenvalue weighted by Crippen LogP contribution is 2.22. The molecule has 0 fully saturated rings. The second-order valence-electron chi connectivity index (χ2n) is 6.75. The number of hydrogen-bond donors (Lipinski definition) is 1. The lowest BCUT2D eigenvalue weighted by Crippen LogP contribution is -2.23. The molecule has 3 nitrogen and oxygen atoms in total. The van der Waals surface area contributed by atoms with E-state index in [2.05, 4.69) is 13.8 Å². The van der Waals surface area contributed by atoms with Gasteiger partial charge in [-0.1, -0.05) is 78.1 Å². The standard InChI is InChI=1S/C20H40O3/c1-4-7-9-11-12-13-15-18(20(21)22)17-19(23-6-3)16-14-10-8-5-2/h18-19H,4-17H2,1-3H3,(H,21,22). The maximum absolute atomic E-state index is 11.5. The summed E-state index contributed by atoms with van der Waals surface area (Å²) in [5.41, 5.74) is 0. The molecule has 3 heteroatoms. The Morgan fingerprint density at radius 3 is 1.91 bits per heavy atom. The summed E-state index contributed by atoms with van der Waals surface area (Å²) in [7, 11) is 0. The molecule has 0 aromatic carbocycles. The van der Waals surface area contributed by atoms with Crippen molar-refractivity contribution in [2.75, 3.05) is 6.61 Å². The quantitative estimate of drug-likeness (QED) is 0.323. The zero-order valence-electron chi connectivity index (χ0n) is 15.8. The van der Waals surface area contributed by atoms with Crippen LogP contribution in [0.5, 0.6) is 0 Å². The number of aliphatic carboxylic acids is 1. The summed E-state index contributed by atoms with van der Waals surface area (Å²) >= 11 is 0. The molecule has 0 saturated heterocycles. The maximum atomic E-state index is 11.5. The lowest BCUT2D eigenvalue weighted by molar-refractivity contribution is -0.143. The highest BCUT2D eigenvalue weighted by atomic mass is 16.5. The van der Waals surface area contributed by atoms with Gasteiger partial charge in [0.25, 0.3) is 0 Å². The fourth-order valence-electron chi connectivity index (χ4n) is 3.13. The number of hydrogen-bond acceptors (Lipinski definition) is 2. The van der Waals surface area contributed by atoms with Gasteiger partial charge in [0, 0.05) is 6.61 Å². The van der Waals surface area contributed by atoms with Gasteiger partial charge >= 0.3 is 5.97 Å². The Morgan fingerprint density at radius 1 is 0.826 bits per heavy atom. The van der Waals surface area contributed by atoms with Gasteiger partial charge in [0.05, 0.1) is 12.0 Å². The molecule has 0 radical (unpaired) electrons. The summed E-state index contributed by atoms with van der Waals surface area (Å²) < 4.78 is 5.80. The van der Waals surface area contributed by atoms with Crippen LogP contribution >= 0.6 is 0 Å². The molecule has 1 N–H and O–H groups in total. The Labute approximate surface area is 144 Å². The van der Waals surface area contributed by atoms with Gasteiger partial charge in [-0.2, -0.15) is 0 Å². The summed E-state index contributed by atoms with van der Waals surface area (Å²) in [6, 6.07) is 0. The lowest BCUT2D eigenvalue weighted by Gasteiger charge is -2.21. The fraction of sp³-hybridized carbons (Fsp3) is 0.950. The van der Waals surface area contributed by atoms with Crippen LogP contribution in [0, 0.1) is 5.92 Å². The molecule has 23 heavy (non-hydrogen) atoms. The van der Waals surface area contributed by atoms with E-state index in [1.807, 2.05) is 6.92 Å². The zero-order valence-corrected chi connectivity index (χ0v) is 15.8. The summed E-state index contributed by atoms with van der Waals surface area (Å²) in [5, 5.41) is 9.49. The average molecular weight is 329 g/mol. The van der Waals surface area contributed by atoms with Crippen molar-refractivity contribution >= 4 is 5.97 Å². The van der Waals surface area contributed by atoms with Gasteiger partial charge in [0.1, 0.15) is 0 Å². The largest absolute Gasteiger partial charge is 0.481 e. The Hall–Kier alpha value is -0.570. The minimum absolute atomic E-state index is 0.123. The molecule has 0 spiro atoms. The monoisotopic (exact) mass is 328 g/mol. The summed E-state index contributed by atoms with van der Waals surface area (Å²) in [6.45, 7) is 7.11. The molecular formula is C20H40O3. The van der Waals surface area contributed by atoms with Crippen molar-refractivity contribution in [1.82, 2.24) is 0 Å². The van der Waals surface area contributed by atoms with Crippen LogP contribution in [0.2, 0.25) is 0 Å². The van der Waals surface area contributed by atoms with Crippen LogP contribution in [-0.4, -0.2) is 23.8 Å². The molecule has 0 heterocycles. The van der Waals surface area contributed by atoms with Crippen molar-refractivity contribution in [1.29, 1.82) is 0 Å². The van der Waals surface area contributed by atoms with Gasteiger partial charge in [0.2, 0.25) is 0 Å². The Kier molecular flexibility index (Phi) is 15.9. The Balaban J connectivity index is 4.09. The molecule has 0 amide bonds. The van der Waals surface area contributed by atoms with Crippen LogP contribution in [0.3, 0.4) is 0 Å². The molecule has 0 bridgehead atoms. The van der Waals surface area contributed by atoms with E-state index in [9.17, 15) is 9.90 Å². The van der Waals surface area contributed by atoms with Crippen LogP contribution in [-0.2, 0) is 9.53 Å². The molecular weight excluding hydrogens is 288 g/mol. The summed E-state index contributed by atoms with van der Waals surface area (Å²) in [5.74, 6) is -0.874. The third-order valence-corrected chi connectivity index (χ3v) is 4.58. The minimum Gasteiger partial charge on any atom is -0.481 e. The first-order chi connectivity index (χ1) is 11.2. The Bertz CT molecular complexity index is 266. The van der Waals surface area contributed by atoms with Crippen LogP contribution < -0.4 is 0 Å². The predicted molar refractivity (Wildman–Crippen MR) is 97.9 cm³/mol. The molecule has 0 rings (SSSR count). The van der Waals surface area contributed by atoms with E-state index < -0.39 is 5.97 Å².